The molecule has 0 bridgehead atoms. The van der Waals surface area contributed by atoms with Crippen LogP contribution in [-0.2, 0) is 0 Å². The van der Waals surface area contributed by atoms with Gasteiger partial charge in [0.1, 0.15) is 0 Å². The first-order valence-corrected chi connectivity index (χ1v) is 17.3. The Hall–Kier alpha value is -6.30. The van der Waals surface area contributed by atoms with Gasteiger partial charge in [-0.1, -0.05) is 103 Å². The molecule has 228 valence electrons. The van der Waals surface area contributed by atoms with Crippen LogP contribution >= 0.6 is 11.3 Å². The van der Waals surface area contributed by atoms with Crippen molar-refractivity contribution in [2.45, 2.75) is 0 Å². The predicted octanol–water partition coefficient (Wildman–Crippen LogP) is 11.9. The van der Waals surface area contributed by atoms with Crippen LogP contribution in [0.1, 0.15) is 0 Å². The summed E-state index contributed by atoms with van der Waals surface area (Å²) in [6.45, 7) is 0. The van der Waals surface area contributed by atoms with E-state index in [1.54, 1.807) is 0 Å². The molecule has 0 N–H and O–H groups in total. The second-order valence-electron chi connectivity index (χ2n) is 12.6. The zero-order chi connectivity index (χ0) is 32.1. The molecule has 0 amide bonds. The van der Waals surface area contributed by atoms with Gasteiger partial charge in [0.05, 0.1) is 33.3 Å². The molecule has 4 nitrogen and oxygen atoms in total. The molecular weight excluding hydrogens is 617 g/mol. The molecule has 0 atom stereocenters. The highest BCUT2D eigenvalue weighted by molar-refractivity contribution is 7.25. The molecule has 11 aromatic rings. The summed E-state index contributed by atoms with van der Waals surface area (Å²) in [6.07, 6.45) is 0. The average Bonchev–Trinajstić information content (AvgIpc) is 3.82. The monoisotopic (exact) mass is 642 g/mol. The summed E-state index contributed by atoms with van der Waals surface area (Å²) in [4.78, 5) is 10.5. The van der Waals surface area contributed by atoms with Gasteiger partial charge in [-0.25, -0.2) is 9.97 Å². The van der Waals surface area contributed by atoms with Crippen LogP contribution in [0, 0.1) is 0 Å². The van der Waals surface area contributed by atoms with E-state index in [1.807, 2.05) is 17.4 Å². The van der Waals surface area contributed by atoms with Crippen molar-refractivity contribution in [2.24, 2.45) is 0 Å². The van der Waals surface area contributed by atoms with E-state index in [9.17, 15) is 0 Å². The number of rotatable bonds is 3. The minimum absolute atomic E-state index is 0.668. The molecular formula is C44H26N4S. The lowest BCUT2D eigenvalue weighted by atomic mass is 10.1. The van der Waals surface area contributed by atoms with Crippen LogP contribution < -0.4 is 0 Å². The maximum absolute atomic E-state index is 5.31. The number of benzene rings is 7. The Labute approximate surface area is 284 Å². The third-order valence-corrected chi connectivity index (χ3v) is 11.1. The number of nitrogens with zero attached hydrogens (tertiary/aromatic N) is 4. The van der Waals surface area contributed by atoms with Gasteiger partial charge in [0.25, 0.3) is 0 Å². The molecule has 0 saturated carbocycles. The Bertz CT molecular complexity index is 3110. The molecule has 5 heteroatoms. The molecule has 7 aromatic carbocycles. The molecule has 0 aliphatic heterocycles. The summed E-state index contributed by atoms with van der Waals surface area (Å²) in [7, 11) is 0. The van der Waals surface area contributed by atoms with Gasteiger partial charge in [0.2, 0.25) is 5.95 Å². The molecule has 11 rings (SSSR count). The first-order valence-electron chi connectivity index (χ1n) is 16.5. The molecule has 0 unspecified atom stereocenters. The Morgan fingerprint density at radius 1 is 0.408 bits per heavy atom. The van der Waals surface area contributed by atoms with Gasteiger partial charge in [0.15, 0.2) is 0 Å². The van der Waals surface area contributed by atoms with E-state index in [2.05, 4.69) is 161 Å². The molecule has 0 aliphatic rings. The molecule has 4 heterocycles. The van der Waals surface area contributed by atoms with Crippen molar-refractivity contribution in [1.29, 1.82) is 0 Å². The van der Waals surface area contributed by atoms with Crippen molar-refractivity contribution in [3.05, 3.63) is 158 Å². The van der Waals surface area contributed by atoms with E-state index < -0.39 is 0 Å². The third-order valence-electron chi connectivity index (χ3n) is 9.93. The molecule has 4 aromatic heterocycles. The fourth-order valence-corrected chi connectivity index (χ4v) is 8.93. The summed E-state index contributed by atoms with van der Waals surface area (Å²) >= 11 is 1.85. The topological polar surface area (TPSA) is 35.6 Å². The Morgan fingerprint density at radius 2 is 1.00 bits per heavy atom. The zero-order valence-electron chi connectivity index (χ0n) is 26.2. The standard InChI is InChI=1S/C44H26N4S/c1-2-12-27(13-3-1)43-30-15-4-8-18-34(30)45-44(46-43)48-36-20-10-6-17-32(36)42-38(48)24-23-37-41(42)31-16-5-9-19-35(31)47(37)28-22-25-40-33(26-28)29-14-7-11-21-39(29)49-40/h1-26H. The van der Waals surface area contributed by atoms with Gasteiger partial charge >= 0.3 is 0 Å². The normalized spacial score (nSPS) is 12.1. The van der Waals surface area contributed by atoms with Gasteiger partial charge in [-0.15, -0.1) is 11.3 Å². The lowest BCUT2D eigenvalue weighted by Gasteiger charge is -2.12. The van der Waals surface area contributed by atoms with Crippen molar-refractivity contribution >= 4 is 86.0 Å². The van der Waals surface area contributed by atoms with E-state index in [0.717, 1.165) is 38.9 Å². The highest BCUT2D eigenvalue weighted by Crippen LogP contribution is 2.43. The highest BCUT2D eigenvalue weighted by atomic mass is 32.1. The molecule has 0 radical (unpaired) electrons. The average molecular weight is 643 g/mol. The molecule has 0 aliphatic carbocycles. The SMILES string of the molecule is c1ccc(-c2nc(-n3c4ccccc4c4c5c6ccccc6n(-c6ccc7sc8ccccc8c7c6)c5ccc43)nc3ccccc23)cc1. The van der Waals surface area contributed by atoms with Crippen molar-refractivity contribution in [1.82, 2.24) is 19.1 Å². The first kappa shape index (κ1) is 26.7. The summed E-state index contributed by atoms with van der Waals surface area (Å²) in [5, 5.41) is 8.50. The number of fused-ring (bicyclic) bond motifs is 11. The second-order valence-corrected chi connectivity index (χ2v) is 13.7. The fourth-order valence-electron chi connectivity index (χ4n) is 7.85. The summed E-state index contributed by atoms with van der Waals surface area (Å²) < 4.78 is 7.31. The number of aromatic nitrogens is 4. The lowest BCUT2D eigenvalue weighted by Crippen LogP contribution is -2.03. The number of hydrogen-bond acceptors (Lipinski definition) is 3. The zero-order valence-corrected chi connectivity index (χ0v) is 27.0. The molecule has 0 fully saturated rings. The van der Waals surface area contributed by atoms with E-state index in [-0.39, 0.29) is 0 Å². The van der Waals surface area contributed by atoms with Crippen LogP contribution in [0.25, 0.3) is 97.6 Å². The van der Waals surface area contributed by atoms with E-state index in [1.165, 1.54) is 52.8 Å². The van der Waals surface area contributed by atoms with Gasteiger partial charge < -0.3 is 4.57 Å². The maximum atomic E-state index is 5.31. The lowest BCUT2D eigenvalue weighted by molar-refractivity contribution is 1.01. The fraction of sp³-hybridized carbons (Fsp3) is 0. The quantitative estimate of drug-likeness (QED) is 0.192. The first-order chi connectivity index (χ1) is 24.3. The molecule has 0 saturated heterocycles. The predicted molar refractivity (Wildman–Crippen MR) is 207 cm³/mol. The van der Waals surface area contributed by atoms with Gasteiger partial charge in [-0.2, -0.15) is 0 Å². The number of hydrogen-bond donors (Lipinski definition) is 0. The van der Waals surface area contributed by atoms with Crippen molar-refractivity contribution < 1.29 is 0 Å². The van der Waals surface area contributed by atoms with Crippen molar-refractivity contribution in [2.75, 3.05) is 0 Å². The largest absolute Gasteiger partial charge is 0.309 e. The maximum Gasteiger partial charge on any atom is 0.235 e. The van der Waals surface area contributed by atoms with Gasteiger partial charge in [-0.05, 0) is 54.6 Å². The van der Waals surface area contributed by atoms with Crippen molar-refractivity contribution in [3.63, 3.8) is 0 Å². The van der Waals surface area contributed by atoms with Crippen LogP contribution in [0.3, 0.4) is 0 Å². The van der Waals surface area contributed by atoms with Crippen LogP contribution in [0.4, 0.5) is 0 Å². The Balaban J connectivity index is 1.25. The van der Waals surface area contributed by atoms with E-state index in [0.29, 0.717) is 5.95 Å². The molecule has 49 heavy (non-hydrogen) atoms. The molecule has 0 spiro atoms. The Morgan fingerprint density at radius 3 is 1.78 bits per heavy atom. The smallest absolute Gasteiger partial charge is 0.235 e. The summed E-state index contributed by atoms with van der Waals surface area (Å²) in [5.74, 6) is 0.668. The minimum Gasteiger partial charge on any atom is -0.309 e. The second kappa shape index (κ2) is 10.1. The Kier molecular flexibility index (Phi) is 5.51. The van der Waals surface area contributed by atoms with E-state index in [4.69, 9.17) is 9.97 Å². The van der Waals surface area contributed by atoms with Crippen LogP contribution in [0.15, 0.2) is 158 Å². The van der Waals surface area contributed by atoms with Crippen molar-refractivity contribution in [3.8, 4) is 22.9 Å². The highest BCUT2D eigenvalue weighted by Gasteiger charge is 2.22. The van der Waals surface area contributed by atoms with Gasteiger partial charge in [-0.3, -0.25) is 4.57 Å². The number of para-hydroxylation sites is 3. The van der Waals surface area contributed by atoms with Gasteiger partial charge in [0, 0.05) is 58.4 Å². The third kappa shape index (κ3) is 3.79. The van der Waals surface area contributed by atoms with Crippen LogP contribution in [0.5, 0.6) is 0 Å². The van der Waals surface area contributed by atoms with Crippen LogP contribution in [-0.4, -0.2) is 19.1 Å². The van der Waals surface area contributed by atoms with E-state index >= 15 is 0 Å². The summed E-state index contributed by atoms with van der Waals surface area (Å²) in [6, 6.07) is 56.4. The van der Waals surface area contributed by atoms with Crippen LogP contribution in [0.2, 0.25) is 0 Å². The minimum atomic E-state index is 0.668. The number of thiophene rings is 1. The summed E-state index contributed by atoms with van der Waals surface area (Å²) in [5.41, 5.74) is 8.63.